The van der Waals surface area contributed by atoms with Crippen molar-refractivity contribution in [2.45, 2.75) is 6.42 Å². The monoisotopic (exact) mass is 345 g/mol. The van der Waals surface area contributed by atoms with Crippen molar-refractivity contribution in [2.24, 2.45) is 0 Å². The zero-order valence-corrected chi connectivity index (χ0v) is 13.9. The second-order valence-corrected chi connectivity index (χ2v) is 6.28. The number of nitrogen functional groups attached to an aromatic ring is 1. The Hall–Kier alpha value is -2.31. The summed E-state index contributed by atoms with van der Waals surface area (Å²) in [4.78, 5) is 9.71. The smallest absolute Gasteiger partial charge is 0.159 e. The number of thiophene rings is 1. The molecule has 3 rings (SSSR count). The fourth-order valence-electron chi connectivity index (χ4n) is 2.09. The molecule has 0 aliphatic heterocycles. The molecule has 0 radical (unpaired) electrons. The van der Waals surface area contributed by atoms with Crippen LogP contribution in [0.2, 0.25) is 5.02 Å². The standard InChI is InChI=1S/C16H16ClN5S/c17-12-5-1-2-6-13(12)22-16-14(18)15(20-10-21-16)19-8-7-11-4-3-9-23-11/h1-6,9-10H,7-8,18H2,(H2,19,20,21,22). The minimum absolute atomic E-state index is 0.471. The first-order valence-corrected chi connectivity index (χ1v) is 8.38. The topological polar surface area (TPSA) is 75.9 Å². The Bertz CT molecular complexity index is 776. The normalized spacial score (nSPS) is 10.5. The summed E-state index contributed by atoms with van der Waals surface area (Å²) in [5.41, 5.74) is 7.37. The molecular weight excluding hydrogens is 330 g/mol. The molecule has 1 aromatic carbocycles. The van der Waals surface area contributed by atoms with Crippen molar-refractivity contribution in [3.05, 3.63) is 58.0 Å². The van der Waals surface area contributed by atoms with E-state index in [4.69, 9.17) is 17.3 Å². The molecule has 0 fully saturated rings. The van der Waals surface area contributed by atoms with E-state index in [0.29, 0.717) is 22.3 Å². The zero-order chi connectivity index (χ0) is 16.1. The van der Waals surface area contributed by atoms with Gasteiger partial charge in [0.2, 0.25) is 0 Å². The van der Waals surface area contributed by atoms with Crippen molar-refractivity contribution in [2.75, 3.05) is 22.9 Å². The molecule has 0 saturated carbocycles. The molecule has 0 aliphatic carbocycles. The number of anilines is 4. The fourth-order valence-corrected chi connectivity index (χ4v) is 2.98. The summed E-state index contributed by atoms with van der Waals surface area (Å²) in [5, 5.41) is 9.07. The average molecular weight is 346 g/mol. The number of aromatic nitrogens is 2. The van der Waals surface area contributed by atoms with Crippen LogP contribution in [0.3, 0.4) is 0 Å². The number of benzene rings is 1. The third-order valence-electron chi connectivity index (χ3n) is 3.25. The minimum atomic E-state index is 0.471. The number of para-hydroxylation sites is 1. The molecule has 0 saturated heterocycles. The molecule has 5 nitrogen and oxygen atoms in total. The van der Waals surface area contributed by atoms with Gasteiger partial charge < -0.3 is 16.4 Å². The average Bonchev–Trinajstić information content (AvgIpc) is 3.06. The van der Waals surface area contributed by atoms with Crippen LogP contribution in [-0.4, -0.2) is 16.5 Å². The van der Waals surface area contributed by atoms with Crippen LogP contribution in [0, 0.1) is 0 Å². The lowest BCUT2D eigenvalue weighted by Gasteiger charge is -2.13. The molecule has 2 aromatic heterocycles. The predicted molar refractivity (Wildman–Crippen MR) is 97.7 cm³/mol. The van der Waals surface area contributed by atoms with Crippen molar-refractivity contribution in [1.82, 2.24) is 9.97 Å². The summed E-state index contributed by atoms with van der Waals surface area (Å²) >= 11 is 7.88. The second-order valence-electron chi connectivity index (χ2n) is 4.85. The Balaban J connectivity index is 1.69. The summed E-state index contributed by atoms with van der Waals surface area (Å²) in [6.45, 7) is 0.757. The molecule has 0 spiro atoms. The van der Waals surface area contributed by atoms with Crippen LogP contribution in [0.25, 0.3) is 0 Å². The van der Waals surface area contributed by atoms with Gasteiger partial charge in [-0.05, 0) is 30.0 Å². The van der Waals surface area contributed by atoms with Gasteiger partial charge in [0, 0.05) is 11.4 Å². The quantitative estimate of drug-likeness (QED) is 0.625. The first-order chi connectivity index (χ1) is 11.2. The van der Waals surface area contributed by atoms with Crippen molar-refractivity contribution < 1.29 is 0 Å². The van der Waals surface area contributed by atoms with Crippen molar-refractivity contribution >= 4 is 45.9 Å². The van der Waals surface area contributed by atoms with Crippen LogP contribution < -0.4 is 16.4 Å². The maximum Gasteiger partial charge on any atom is 0.159 e. The van der Waals surface area contributed by atoms with Crippen LogP contribution in [0.15, 0.2) is 48.1 Å². The number of hydrogen-bond acceptors (Lipinski definition) is 6. The number of nitrogens with two attached hydrogens (primary N) is 1. The van der Waals surface area contributed by atoms with Gasteiger partial charge in [-0.1, -0.05) is 29.8 Å². The maximum atomic E-state index is 6.15. The molecule has 2 heterocycles. The van der Waals surface area contributed by atoms with Gasteiger partial charge in [0.05, 0.1) is 10.7 Å². The third kappa shape index (κ3) is 3.91. The van der Waals surface area contributed by atoms with Crippen LogP contribution in [0.1, 0.15) is 4.88 Å². The number of hydrogen-bond donors (Lipinski definition) is 3. The minimum Gasteiger partial charge on any atom is -0.393 e. The van der Waals surface area contributed by atoms with E-state index in [1.807, 2.05) is 30.3 Å². The number of nitrogens with one attached hydrogen (secondary N) is 2. The lowest BCUT2D eigenvalue weighted by atomic mass is 10.3. The highest BCUT2D eigenvalue weighted by Crippen LogP contribution is 2.29. The van der Waals surface area contributed by atoms with E-state index < -0.39 is 0 Å². The number of halogens is 1. The fraction of sp³-hybridized carbons (Fsp3) is 0.125. The third-order valence-corrected chi connectivity index (χ3v) is 4.52. The van der Waals surface area contributed by atoms with Gasteiger partial charge in [0.15, 0.2) is 11.6 Å². The SMILES string of the molecule is Nc1c(NCCc2cccs2)ncnc1Nc1ccccc1Cl. The van der Waals surface area contributed by atoms with Gasteiger partial charge in [-0.15, -0.1) is 11.3 Å². The van der Waals surface area contributed by atoms with E-state index in [-0.39, 0.29) is 0 Å². The molecule has 4 N–H and O–H groups in total. The van der Waals surface area contributed by atoms with E-state index >= 15 is 0 Å². The Morgan fingerprint density at radius 3 is 2.70 bits per heavy atom. The van der Waals surface area contributed by atoms with E-state index in [1.165, 1.54) is 11.2 Å². The summed E-state index contributed by atoms with van der Waals surface area (Å²) < 4.78 is 0. The van der Waals surface area contributed by atoms with E-state index in [2.05, 4.69) is 32.0 Å². The van der Waals surface area contributed by atoms with Gasteiger partial charge in [0.25, 0.3) is 0 Å². The Kier molecular flexibility index (Phi) is 4.95. The van der Waals surface area contributed by atoms with Crippen LogP contribution >= 0.6 is 22.9 Å². The molecule has 7 heteroatoms. The summed E-state index contributed by atoms with van der Waals surface area (Å²) in [6, 6.07) is 11.6. The highest BCUT2D eigenvalue weighted by Gasteiger charge is 2.09. The predicted octanol–water partition coefficient (Wildman–Crippen LogP) is 4.17. The Morgan fingerprint density at radius 2 is 1.91 bits per heavy atom. The van der Waals surface area contributed by atoms with Crippen LogP contribution in [0.5, 0.6) is 0 Å². The van der Waals surface area contributed by atoms with E-state index in [1.54, 1.807) is 11.3 Å². The van der Waals surface area contributed by atoms with Gasteiger partial charge >= 0.3 is 0 Å². The highest BCUT2D eigenvalue weighted by molar-refractivity contribution is 7.09. The van der Waals surface area contributed by atoms with Crippen molar-refractivity contribution in [3.8, 4) is 0 Å². The van der Waals surface area contributed by atoms with E-state index in [9.17, 15) is 0 Å². The molecule has 0 amide bonds. The van der Waals surface area contributed by atoms with Gasteiger partial charge in [-0.3, -0.25) is 0 Å². The summed E-state index contributed by atoms with van der Waals surface area (Å²) in [5.74, 6) is 1.15. The number of rotatable bonds is 6. The first kappa shape index (κ1) is 15.6. The molecule has 23 heavy (non-hydrogen) atoms. The highest BCUT2D eigenvalue weighted by atomic mass is 35.5. The van der Waals surface area contributed by atoms with Crippen molar-refractivity contribution in [3.63, 3.8) is 0 Å². The molecule has 0 aliphatic rings. The summed E-state index contributed by atoms with van der Waals surface area (Å²) in [7, 11) is 0. The maximum absolute atomic E-state index is 6.15. The molecule has 118 valence electrons. The number of nitrogens with zero attached hydrogens (tertiary/aromatic N) is 2. The van der Waals surface area contributed by atoms with Gasteiger partial charge in [-0.2, -0.15) is 0 Å². The molecule has 3 aromatic rings. The lowest BCUT2D eigenvalue weighted by molar-refractivity contribution is 1.02. The van der Waals surface area contributed by atoms with Crippen LogP contribution in [0.4, 0.5) is 23.0 Å². The first-order valence-electron chi connectivity index (χ1n) is 7.12. The molecular formula is C16H16ClN5S. The Labute approximate surface area is 143 Å². The second kappa shape index (κ2) is 7.30. The van der Waals surface area contributed by atoms with Gasteiger partial charge in [-0.25, -0.2) is 9.97 Å². The van der Waals surface area contributed by atoms with Crippen molar-refractivity contribution in [1.29, 1.82) is 0 Å². The Morgan fingerprint density at radius 1 is 1.09 bits per heavy atom. The molecule has 0 bridgehead atoms. The lowest BCUT2D eigenvalue weighted by Crippen LogP contribution is -2.10. The largest absolute Gasteiger partial charge is 0.393 e. The van der Waals surface area contributed by atoms with Gasteiger partial charge in [0.1, 0.15) is 12.0 Å². The molecule has 0 atom stereocenters. The van der Waals surface area contributed by atoms with E-state index in [0.717, 1.165) is 18.7 Å². The van der Waals surface area contributed by atoms with Crippen LogP contribution in [-0.2, 0) is 6.42 Å². The zero-order valence-electron chi connectivity index (χ0n) is 12.3. The summed E-state index contributed by atoms with van der Waals surface area (Å²) in [6.07, 6.45) is 2.40. The molecule has 0 unspecified atom stereocenters.